The van der Waals surface area contributed by atoms with E-state index in [4.69, 9.17) is 0 Å². The Morgan fingerprint density at radius 2 is 1.88 bits per heavy atom. The molecule has 2 aliphatic rings. The zero-order valence-corrected chi connectivity index (χ0v) is 14.9. The molecule has 1 saturated heterocycles. The maximum absolute atomic E-state index is 12.9. The van der Waals surface area contributed by atoms with Gasteiger partial charge in [-0.05, 0) is 19.8 Å². The number of carbonyl (C=O) groups excluding carboxylic acids is 3. The van der Waals surface area contributed by atoms with E-state index in [1.54, 1.807) is 14.0 Å². The Morgan fingerprint density at radius 1 is 1.23 bits per heavy atom. The number of hydrogen-bond donors (Lipinski definition) is 0. The number of rotatable bonds is 4. The summed E-state index contributed by atoms with van der Waals surface area (Å²) in [5.74, 6) is -0.823. The number of nitrogens with zero attached hydrogens (tertiary/aromatic N) is 3. The Balaban J connectivity index is 1.83. The molecule has 8 nitrogen and oxygen atoms in total. The van der Waals surface area contributed by atoms with Crippen LogP contribution in [-0.2, 0) is 4.79 Å². The van der Waals surface area contributed by atoms with Gasteiger partial charge in [0.1, 0.15) is 5.54 Å². The minimum Gasteiger partial charge on any atom is -0.313 e. The van der Waals surface area contributed by atoms with Crippen molar-refractivity contribution in [3.8, 4) is 0 Å². The number of likely N-dealkylation sites (N-methyl/N-ethyl adjacent to an activating group) is 1. The van der Waals surface area contributed by atoms with Crippen LogP contribution in [0.2, 0.25) is 0 Å². The van der Waals surface area contributed by atoms with E-state index in [2.05, 4.69) is 0 Å². The number of benzene rings is 1. The Hall–Kier alpha value is -2.77. The zero-order valence-electron chi connectivity index (χ0n) is 14.9. The van der Waals surface area contributed by atoms with Gasteiger partial charge in [0.2, 0.25) is 0 Å². The number of amides is 3. The smallest absolute Gasteiger partial charge is 0.313 e. The summed E-state index contributed by atoms with van der Waals surface area (Å²) in [6.07, 6.45) is 3.98. The normalized spacial score (nSPS) is 19.3. The summed E-state index contributed by atoms with van der Waals surface area (Å²) >= 11 is 0. The fraction of sp³-hybridized carbons (Fsp3) is 0.500. The SMILES string of the molecule is Cc1ccc(C(=O)CN2C(=O)N(C)C3(CCCCC3)C2=O)cc1[N+](=O)[O-]. The first-order valence-corrected chi connectivity index (χ1v) is 8.66. The third kappa shape index (κ3) is 2.75. The molecule has 0 aromatic heterocycles. The first-order valence-electron chi connectivity index (χ1n) is 8.66. The molecule has 0 N–H and O–H groups in total. The fourth-order valence-electron chi connectivity index (χ4n) is 3.89. The van der Waals surface area contributed by atoms with Crippen molar-refractivity contribution in [1.29, 1.82) is 0 Å². The molecule has 0 bridgehead atoms. The Morgan fingerprint density at radius 3 is 2.50 bits per heavy atom. The number of nitro benzene ring substituents is 1. The second-order valence-corrected chi connectivity index (χ2v) is 7.01. The molecule has 1 aromatic rings. The average molecular weight is 359 g/mol. The lowest BCUT2D eigenvalue weighted by molar-refractivity contribution is -0.385. The maximum Gasteiger partial charge on any atom is 0.327 e. The molecule has 0 unspecified atom stereocenters. The van der Waals surface area contributed by atoms with Crippen molar-refractivity contribution in [2.24, 2.45) is 0 Å². The lowest BCUT2D eigenvalue weighted by Gasteiger charge is -2.35. The van der Waals surface area contributed by atoms with E-state index in [-0.39, 0.29) is 17.2 Å². The summed E-state index contributed by atoms with van der Waals surface area (Å²) in [5.41, 5.74) is -0.429. The van der Waals surface area contributed by atoms with Crippen LogP contribution in [0.1, 0.15) is 48.0 Å². The molecule has 0 radical (unpaired) electrons. The minimum absolute atomic E-state index is 0.121. The van der Waals surface area contributed by atoms with E-state index in [9.17, 15) is 24.5 Å². The second-order valence-electron chi connectivity index (χ2n) is 7.01. The number of aryl methyl sites for hydroxylation is 1. The van der Waals surface area contributed by atoms with Crippen molar-refractivity contribution in [3.05, 3.63) is 39.4 Å². The van der Waals surface area contributed by atoms with Crippen LogP contribution in [0.15, 0.2) is 18.2 Å². The van der Waals surface area contributed by atoms with Gasteiger partial charge in [-0.15, -0.1) is 0 Å². The van der Waals surface area contributed by atoms with Crippen LogP contribution in [0.4, 0.5) is 10.5 Å². The van der Waals surface area contributed by atoms with Gasteiger partial charge in [0.15, 0.2) is 5.78 Å². The highest BCUT2D eigenvalue weighted by molar-refractivity contribution is 6.11. The highest BCUT2D eigenvalue weighted by Gasteiger charge is 2.55. The predicted octanol–water partition coefficient (Wildman–Crippen LogP) is 2.68. The van der Waals surface area contributed by atoms with Crippen molar-refractivity contribution in [3.63, 3.8) is 0 Å². The first kappa shape index (κ1) is 18.0. The lowest BCUT2D eigenvalue weighted by Crippen LogP contribution is -2.49. The van der Waals surface area contributed by atoms with Gasteiger partial charge < -0.3 is 4.90 Å². The number of Topliss-reactive ketones (excluding diaryl/α,β-unsaturated/α-hetero) is 1. The molecule has 1 saturated carbocycles. The standard InChI is InChI=1S/C18H21N3O5/c1-12-6-7-13(10-14(12)21(25)26)15(22)11-20-16(23)18(19(2)17(20)24)8-4-3-5-9-18/h6-7,10H,3-5,8-9,11H2,1-2H3. The van der Waals surface area contributed by atoms with Gasteiger partial charge in [-0.25, -0.2) is 4.79 Å². The fourth-order valence-corrected chi connectivity index (χ4v) is 3.89. The van der Waals surface area contributed by atoms with Crippen LogP contribution >= 0.6 is 0 Å². The van der Waals surface area contributed by atoms with E-state index in [0.717, 1.165) is 24.2 Å². The average Bonchev–Trinajstić information content (AvgIpc) is 2.79. The van der Waals surface area contributed by atoms with Gasteiger partial charge in [0, 0.05) is 24.2 Å². The quantitative estimate of drug-likeness (QED) is 0.356. The molecular formula is C18H21N3O5. The number of carbonyl (C=O) groups is 3. The molecule has 8 heteroatoms. The molecule has 26 heavy (non-hydrogen) atoms. The van der Waals surface area contributed by atoms with Gasteiger partial charge in [-0.1, -0.05) is 31.4 Å². The van der Waals surface area contributed by atoms with Crippen molar-refractivity contribution in [2.45, 2.75) is 44.6 Å². The van der Waals surface area contributed by atoms with Crippen LogP contribution in [0.25, 0.3) is 0 Å². The van der Waals surface area contributed by atoms with E-state index in [0.29, 0.717) is 18.4 Å². The molecule has 1 aliphatic heterocycles. The summed E-state index contributed by atoms with van der Waals surface area (Å²) in [7, 11) is 1.60. The Labute approximate surface area is 150 Å². The van der Waals surface area contributed by atoms with Crippen LogP contribution in [0.5, 0.6) is 0 Å². The van der Waals surface area contributed by atoms with E-state index < -0.39 is 28.8 Å². The van der Waals surface area contributed by atoms with Gasteiger partial charge in [-0.3, -0.25) is 24.6 Å². The van der Waals surface area contributed by atoms with Crippen LogP contribution < -0.4 is 0 Å². The van der Waals surface area contributed by atoms with Crippen LogP contribution in [0, 0.1) is 17.0 Å². The topological polar surface area (TPSA) is 101 Å². The third-order valence-electron chi connectivity index (χ3n) is 5.51. The van der Waals surface area contributed by atoms with E-state index in [1.807, 2.05) is 0 Å². The highest BCUT2D eigenvalue weighted by atomic mass is 16.6. The Bertz CT molecular complexity index is 798. The van der Waals surface area contributed by atoms with E-state index in [1.165, 1.54) is 23.1 Å². The summed E-state index contributed by atoms with van der Waals surface area (Å²) in [6, 6.07) is 3.69. The van der Waals surface area contributed by atoms with Crippen molar-refractivity contribution < 1.29 is 19.3 Å². The summed E-state index contributed by atoms with van der Waals surface area (Å²) in [6.45, 7) is 1.19. The van der Waals surface area contributed by atoms with E-state index >= 15 is 0 Å². The molecule has 3 rings (SSSR count). The molecule has 1 aliphatic carbocycles. The highest BCUT2D eigenvalue weighted by Crippen LogP contribution is 2.39. The lowest BCUT2D eigenvalue weighted by atomic mass is 9.80. The second kappa shape index (κ2) is 6.51. The number of imide groups is 1. The number of hydrogen-bond acceptors (Lipinski definition) is 5. The molecule has 1 spiro atoms. The minimum atomic E-state index is -0.838. The third-order valence-corrected chi connectivity index (χ3v) is 5.51. The maximum atomic E-state index is 12.9. The predicted molar refractivity (Wildman–Crippen MR) is 92.9 cm³/mol. The molecule has 138 valence electrons. The van der Waals surface area contributed by atoms with Gasteiger partial charge >= 0.3 is 6.03 Å². The molecular weight excluding hydrogens is 338 g/mol. The number of nitro groups is 1. The summed E-state index contributed by atoms with van der Waals surface area (Å²) in [5, 5.41) is 11.1. The van der Waals surface area contributed by atoms with Crippen molar-refractivity contribution in [2.75, 3.05) is 13.6 Å². The summed E-state index contributed by atoms with van der Waals surface area (Å²) < 4.78 is 0. The monoisotopic (exact) mass is 359 g/mol. The Kier molecular flexibility index (Phi) is 4.52. The number of urea groups is 1. The van der Waals surface area contributed by atoms with Crippen LogP contribution in [0.3, 0.4) is 0 Å². The van der Waals surface area contributed by atoms with Crippen molar-refractivity contribution >= 4 is 23.4 Å². The molecule has 2 fully saturated rings. The van der Waals surface area contributed by atoms with Gasteiger partial charge in [0.25, 0.3) is 11.6 Å². The van der Waals surface area contributed by atoms with Gasteiger partial charge in [-0.2, -0.15) is 0 Å². The zero-order chi connectivity index (χ0) is 19.1. The van der Waals surface area contributed by atoms with Gasteiger partial charge in [0.05, 0.1) is 11.5 Å². The molecule has 0 atom stereocenters. The molecule has 1 heterocycles. The molecule has 1 aromatic carbocycles. The summed E-state index contributed by atoms with van der Waals surface area (Å²) in [4.78, 5) is 51.0. The first-order chi connectivity index (χ1) is 12.3. The largest absolute Gasteiger partial charge is 0.327 e. The number of ketones is 1. The van der Waals surface area contributed by atoms with Crippen molar-refractivity contribution in [1.82, 2.24) is 9.80 Å². The van der Waals surface area contributed by atoms with Crippen LogP contribution in [-0.4, -0.2) is 51.6 Å². The molecule has 3 amide bonds.